The van der Waals surface area contributed by atoms with Crippen LogP contribution in [0.4, 0.5) is 4.39 Å². The van der Waals surface area contributed by atoms with Gasteiger partial charge in [-0.3, -0.25) is 0 Å². The number of benzene rings is 2. The first-order valence-electron chi connectivity index (χ1n) is 10.0. The molecule has 0 heterocycles. The van der Waals surface area contributed by atoms with Gasteiger partial charge in [0.15, 0.2) is 11.6 Å². The third kappa shape index (κ3) is 3.30. The van der Waals surface area contributed by atoms with Crippen molar-refractivity contribution in [3.8, 4) is 11.5 Å². The van der Waals surface area contributed by atoms with E-state index in [4.69, 9.17) is 9.47 Å². The molecule has 0 aliphatic heterocycles. The molecule has 3 nitrogen and oxygen atoms in total. The molecule has 0 radical (unpaired) electrons. The number of rotatable bonds is 4. The van der Waals surface area contributed by atoms with Crippen LogP contribution in [0.5, 0.6) is 11.5 Å². The molecule has 0 aromatic heterocycles. The second kappa shape index (κ2) is 6.91. The molecule has 0 amide bonds. The maximum atomic E-state index is 14.6. The summed E-state index contributed by atoms with van der Waals surface area (Å²) in [5.41, 5.74) is -0.245. The monoisotopic (exact) mass is 382 g/mol. The summed E-state index contributed by atoms with van der Waals surface area (Å²) < 4.78 is 26.5. The summed E-state index contributed by atoms with van der Waals surface area (Å²) in [4.78, 5) is 12.5. The fraction of sp³-hybridized carbons (Fsp3) is 0.458. The Kier molecular flexibility index (Phi) is 4.68. The van der Waals surface area contributed by atoms with E-state index >= 15 is 0 Å². The van der Waals surface area contributed by atoms with E-state index in [2.05, 4.69) is 20.8 Å². The van der Waals surface area contributed by atoms with Crippen LogP contribution in [0.3, 0.4) is 0 Å². The van der Waals surface area contributed by atoms with Crippen molar-refractivity contribution in [1.82, 2.24) is 0 Å². The van der Waals surface area contributed by atoms with E-state index in [1.165, 1.54) is 24.6 Å². The third-order valence-electron chi connectivity index (χ3n) is 6.47. The largest absolute Gasteiger partial charge is 0.483 e. The van der Waals surface area contributed by atoms with Crippen LogP contribution in [0.15, 0.2) is 48.5 Å². The molecule has 3 unspecified atom stereocenters. The molecule has 148 valence electrons. The van der Waals surface area contributed by atoms with Gasteiger partial charge in [-0.25, -0.2) is 9.18 Å². The predicted octanol–water partition coefficient (Wildman–Crippen LogP) is 6.03. The average Bonchev–Trinajstić information content (AvgIpc) is 3.25. The van der Waals surface area contributed by atoms with Crippen molar-refractivity contribution < 1.29 is 18.7 Å². The Hall–Kier alpha value is -2.36. The molecular formula is C24H27FO3. The van der Waals surface area contributed by atoms with E-state index in [1.807, 2.05) is 6.07 Å². The van der Waals surface area contributed by atoms with Gasteiger partial charge in [0.25, 0.3) is 0 Å². The Morgan fingerprint density at radius 1 is 1.11 bits per heavy atom. The van der Waals surface area contributed by atoms with Gasteiger partial charge in [0.2, 0.25) is 0 Å². The minimum absolute atomic E-state index is 0.125. The molecule has 28 heavy (non-hydrogen) atoms. The molecule has 0 saturated heterocycles. The van der Waals surface area contributed by atoms with Crippen molar-refractivity contribution in [2.75, 3.05) is 0 Å². The Balaban J connectivity index is 1.61. The first kappa shape index (κ1) is 19.0. The van der Waals surface area contributed by atoms with Gasteiger partial charge in [-0.05, 0) is 67.9 Å². The van der Waals surface area contributed by atoms with Crippen LogP contribution < -0.4 is 9.47 Å². The van der Waals surface area contributed by atoms with Crippen LogP contribution in [0, 0.1) is 23.1 Å². The van der Waals surface area contributed by atoms with Gasteiger partial charge in [0.05, 0.1) is 5.56 Å². The van der Waals surface area contributed by atoms with Crippen molar-refractivity contribution in [1.29, 1.82) is 0 Å². The molecule has 4 heteroatoms. The van der Waals surface area contributed by atoms with Gasteiger partial charge in [0, 0.05) is 5.41 Å². The molecule has 4 rings (SSSR count). The summed E-state index contributed by atoms with van der Waals surface area (Å²) in [7, 11) is 0. The SMILES string of the molecule is CC(C)(C)C1(Oc2cc(C(=O)Oc3ccccc3)ccc2F)CC2CCC1C2. The average molecular weight is 382 g/mol. The van der Waals surface area contributed by atoms with Gasteiger partial charge >= 0.3 is 5.97 Å². The fourth-order valence-electron chi connectivity index (χ4n) is 5.04. The third-order valence-corrected chi connectivity index (χ3v) is 6.47. The van der Waals surface area contributed by atoms with Gasteiger partial charge in [-0.2, -0.15) is 0 Å². The zero-order chi connectivity index (χ0) is 19.9. The second-order valence-electron chi connectivity index (χ2n) is 9.17. The summed E-state index contributed by atoms with van der Waals surface area (Å²) in [6.45, 7) is 6.50. The van der Waals surface area contributed by atoms with Crippen molar-refractivity contribution in [2.24, 2.45) is 17.3 Å². The number of ether oxygens (including phenoxy) is 2. The number of para-hydroxylation sites is 1. The zero-order valence-electron chi connectivity index (χ0n) is 16.7. The molecule has 0 spiro atoms. The fourth-order valence-corrected chi connectivity index (χ4v) is 5.04. The molecule has 2 aromatic rings. The summed E-state index contributed by atoms with van der Waals surface area (Å²) in [5, 5.41) is 0. The lowest BCUT2D eigenvalue weighted by molar-refractivity contribution is -0.0785. The summed E-state index contributed by atoms with van der Waals surface area (Å²) >= 11 is 0. The highest BCUT2D eigenvalue weighted by Gasteiger charge is 2.59. The van der Waals surface area contributed by atoms with Crippen LogP contribution in [0.25, 0.3) is 0 Å². The van der Waals surface area contributed by atoms with Crippen LogP contribution in [-0.2, 0) is 0 Å². The molecule has 2 bridgehead atoms. The quantitative estimate of drug-likeness (QED) is 0.478. The first-order chi connectivity index (χ1) is 13.3. The summed E-state index contributed by atoms with van der Waals surface area (Å²) in [5.74, 6) is 0.718. The highest BCUT2D eigenvalue weighted by molar-refractivity contribution is 5.91. The number of hydrogen-bond acceptors (Lipinski definition) is 3. The number of hydrogen-bond donors (Lipinski definition) is 0. The van der Waals surface area contributed by atoms with Crippen molar-refractivity contribution in [3.63, 3.8) is 0 Å². The van der Waals surface area contributed by atoms with E-state index in [0.717, 1.165) is 19.3 Å². The molecule has 3 atom stereocenters. The molecule has 2 aromatic carbocycles. The van der Waals surface area contributed by atoms with Crippen molar-refractivity contribution >= 4 is 5.97 Å². The molecule has 2 fully saturated rings. The van der Waals surface area contributed by atoms with E-state index in [-0.39, 0.29) is 16.7 Å². The maximum absolute atomic E-state index is 14.6. The Labute approximate surface area is 165 Å². The normalized spacial score (nSPS) is 26.3. The standard InChI is InChI=1S/C24H27FO3/c1-23(2,3)24(15-16-9-11-18(24)13-16)28-21-14-17(10-12-20(21)25)22(26)27-19-7-5-4-6-8-19/h4-8,10,12,14,16,18H,9,11,13,15H2,1-3H3. The lowest BCUT2D eigenvalue weighted by Gasteiger charge is -2.48. The van der Waals surface area contributed by atoms with Crippen molar-refractivity contribution in [2.45, 2.75) is 52.1 Å². The lowest BCUT2D eigenvalue weighted by Crippen LogP contribution is -2.52. The number of carbonyl (C=O) groups is 1. The molecule has 2 aliphatic carbocycles. The van der Waals surface area contributed by atoms with Gasteiger partial charge in [-0.1, -0.05) is 39.0 Å². The molecular weight excluding hydrogens is 355 g/mol. The Morgan fingerprint density at radius 2 is 1.86 bits per heavy atom. The second-order valence-corrected chi connectivity index (χ2v) is 9.17. The number of esters is 1. The number of fused-ring (bicyclic) bond motifs is 2. The minimum Gasteiger partial charge on any atom is -0.483 e. The molecule has 2 saturated carbocycles. The van der Waals surface area contributed by atoms with Crippen LogP contribution in [0.2, 0.25) is 0 Å². The van der Waals surface area contributed by atoms with Crippen molar-refractivity contribution in [3.05, 3.63) is 59.9 Å². The molecule has 2 aliphatic rings. The van der Waals surface area contributed by atoms with Gasteiger partial charge in [0.1, 0.15) is 11.4 Å². The van der Waals surface area contributed by atoms with E-state index in [9.17, 15) is 9.18 Å². The van der Waals surface area contributed by atoms with Crippen LogP contribution in [-0.4, -0.2) is 11.6 Å². The van der Waals surface area contributed by atoms with Gasteiger partial charge < -0.3 is 9.47 Å². The van der Waals surface area contributed by atoms with Gasteiger partial charge in [-0.15, -0.1) is 0 Å². The Bertz CT molecular complexity index is 871. The first-order valence-corrected chi connectivity index (χ1v) is 10.0. The summed E-state index contributed by atoms with van der Waals surface area (Å²) in [6.07, 6.45) is 4.45. The van der Waals surface area contributed by atoms with Crippen LogP contribution >= 0.6 is 0 Å². The van der Waals surface area contributed by atoms with E-state index in [0.29, 0.717) is 17.6 Å². The zero-order valence-corrected chi connectivity index (χ0v) is 16.7. The highest BCUT2D eigenvalue weighted by Crippen LogP contribution is 2.59. The maximum Gasteiger partial charge on any atom is 0.343 e. The lowest BCUT2D eigenvalue weighted by atomic mass is 9.67. The summed E-state index contributed by atoms with van der Waals surface area (Å²) in [6, 6.07) is 13.1. The van der Waals surface area contributed by atoms with E-state index < -0.39 is 17.4 Å². The minimum atomic E-state index is -0.520. The highest BCUT2D eigenvalue weighted by atomic mass is 19.1. The molecule has 0 N–H and O–H groups in total. The Morgan fingerprint density at radius 3 is 2.46 bits per heavy atom. The van der Waals surface area contributed by atoms with Crippen LogP contribution in [0.1, 0.15) is 56.8 Å². The topological polar surface area (TPSA) is 35.5 Å². The number of carbonyl (C=O) groups excluding carboxylic acids is 1. The number of halogens is 1. The predicted molar refractivity (Wildman–Crippen MR) is 106 cm³/mol. The smallest absolute Gasteiger partial charge is 0.343 e. The van der Waals surface area contributed by atoms with E-state index in [1.54, 1.807) is 24.3 Å².